The summed E-state index contributed by atoms with van der Waals surface area (Å²) in [5.41, 5.74) is 1.69. The van der Waals surface area contributed by atoms with E-state index in [2.05, 4.69) is 10.1 Å². The number of ether oxygens (including phenoxy) is 1. The molecule has 2 N–H and O–H groups in total. The molecular formula is C14H15NO5. The summed E-state index contributed by atoms with van der Waals surface area (Å²) >= 11 is 0. The third-order valence-corrected chi connectivity index (χ3v) is 3.35. The van der Waals surface area contributed by atoms with Gasteiger partial charge in [-0.25, -0.2) is 4.79 Å². The van der Waals surface area contributed by atoms with E-state index in [1.165, 1.54) is 7.11 Å². The summed E-state index contributed by atoms with van der Waals surface area (Å²) in [4.78, 5) is 33.9. The first-order valence-corrected chi connectivity index (χ1v) is 6.16. The van der Waals surface area contributed by atoms with Gasteiger partial charge in [0, 0.05) is 5.69 Å². The number of nitrogens with one attached hydrogen (secondary N) is 1. The highest BCUT2D eigenvalue weighted by atomic mass is 16.5. The van der Waals surface area contributed by atoms with Gasteiger partial charge in [-0.3, -0.25) is 9.59 Å². The molecule has 106 valence electrons. The first-order valence-electron chi connectivity index (χ1n) is 6.16. The lowest BCUT2D eigenvalue weighted by Gasteiger charge is -2.09. The van der Waals surface area contributed by atoms with Crippen molar-refractivity contribution < 1.29 is 24.2 Å². The van der Waals surface area contributed by atoms with E-state index in [-0.39, 0.29) is 5.91 Å². The van der Waals surface area contributed by atoms with Crippen LogP contribution in [-0.2, 0) is 14.3 Å². The first-order chi connectivity index (χ1) is 9.43. The van der Waals surface area contributed by atoms with Crippen LogP contribution < -0.4 is 5.32 Å². The van der Waals surface area contributed by atoms with Crippen LogP contribution in [0.4, 0.5) is 5.69 Å². The topological polar surface area (TPSA) is 92.7 Å². The Hall–Kier alpha value is -2.37. The summed E-state index contributed by atoms with van der Waals surface area (Å²) < 4.78 is 4.61. The zero-order valence-electron chi connectivity index (χ0n) is 11.2. The van der Waals surface area contributed by atoms with Crippen molar-refractivity contribution in [1.82, 2.24) is 0 Å². The number of carboxylic acid groups (broad SMARTS) is 1. The quantitative estimate of drug-likeness (QED) is 0.812. The van der Waals surface area contributed by atoms with Crippen LogP contribution in [0.2, 0.25) is 0 Å². The molecule has 0 saturated heterocycles. The maximum atomic E-state index is 11.9. The van der Waals surface area contributed by atoms with Gasteiger partial charge in [0.15, 0.2) is 0 Å². The summed E-state index contributed by atoms with van der Waals surface area (Å²) in [6, 6.07) is 4.77. The van der Waals surface area contributed by atoms with E-state index in [0.29, 0.717) is 23.2 Å². The minimum atomic E-state index is -0.942. The molecule has 1 aliphatic rings. The largest absolute Gasteiger partial charge is 0.481 e. The molecule has 1 aromatic rings. The molecule has 6 nitrogen and oxygen atoms in total. The fourth-order valence-electron chi connectivity index (χ4n) is 2.03. The minimum Gasteiger partial charge on any atom is -0.481 e. The van der Waals surface area contributed by atoms with Crippen molar-refractivity contribution >= 4 is 23.5 Å². The molecule has 1 amide bonds. The number of amides is 1. The SMILES string of the molecule is COC(=O)c1ccc(NC(=O)[C@@H]2C[C@@H]2C(=O)O)c(C)c1. The molecule has 0 aromatic heterocycles. The molecule has 1 aromatic carbocycles. The normalized spacial score (nSPS) is 20.1. The van der Waals surface area contributed by atoms with Gasteiger partial charge in [-0.15, -0.1) is 0 Å². The molecule has 1 saturated carbocycles. The van der Waals surface area contributed by atoms with E-state index in [1.807, 2.05) is 0 Å². The molecule has 1 fully saturated rings. The Labute approximate surface area is 115 Å². The molecule has 0 bridgehead atoms. The minimum absolute atomic E-state index is 0.300. The van der Waals surface area contributed by atoms with E-state index in [4.69, 9.17) is 5.11 Å². The standard InChI is InChI=1S/C14H15NO5/c1-7-5-8(14(19)20-2)3-4-11(7)15-12(16)9-6-10(9)13(17)18/h3-5,9-10H,6H2,1-2H3,(H,15,16)(H,17,18)/t9-,10+/m1/s1. The molecule has 2 atom stereocenters. The van der Waals surface area contributed by atoms with Crippen LogP contribution in [0, 0.1) is 18.8 Å². The van der Waals surface area contributed by atoms with Gasteiger partial charge in [-0.05, 0) is 37.1 Å². The Balaban J connectivity index is 2.05. The summed E-state index contributed by atoms with van der Waals surface area (Å²) in [5.74, 6) is -2.73. The molecule has 0 radical (unpaired) electrons. The average Bonchev–Trinajstić information content (AvgIpc) is 3.20. The smallest absolute Gasteiger partial charge is 0.337 e. The number of carbonyl (C=O) groups is 3. The average molecular weight is 277 g/mol. The number of rotatable bonds is 4. The van der Waals surface area contributed by atoms with Crippen LogP contribution in [0.15, 0.2) is 18.2 Å². The molecule has 0 heterocycles. The summed E-state index contributed by atoms with van der Waals surface area (Å²) in [6.07, 6.45) is 0.375. The second-order valence-corrected chi connectivity index (χ2v) is 4.80. The van der Waals surface area contributed by atoms with Crippen molar-refractivity contribution in [1.29, 1.82) is 0 Å². The highest BCUT2D eigenvalue weighted by Crippen LogP contribution is 2.39. The van der Waals surface area contributed by atoms with Crippen molar-refractivity contribution in [2.45, 2.75) is 13.3 Å². The van der Waals surface area contributed by atoms with Crippen LogP contribution in [0.1, 0.15) is 22.3 Å². The zero-order valence-corrected chi connectivity index (χ0v) is 11.2. The Morgan fingerprint density at radius 1 is 1.30 bits per heavy atom. The number of methoxy groups -OCH3 is 1. The van der Waals surface area contributed by atoms with Crippen LogP contribution in [0.5, 0.6) is 0 Å². The molecule has 0 unspecified atom stereocenters. The van der Waals surface area contributed by atoms with Gasteiger partial charge in [0.1, 0.15) is 0 Å². The number of aliphatic carboxylic acids is 1. The molecule has 0 aliphatic heterocycles. The predicted octanol–water partition coefficient (Wildman–Crippen LogP) is 1.44. The fourth-order valence-corrected chi connectivity index (χ4v) is 2.03. The number of aryl methyl sites for hydroxylation is 1. The molecule has 0 spiro atoms. The Morgan fingerprint density at radius 3 is 2.50 bits per heavy atom. The monoisotopic (exact) mass is 277 g/mol. The number of benzene rings is 1. The van der Waals surface area contributed by atoms with Gasteiger partial charge in [0.05, 0.1) is 24.5 Å². The Morgan fingerprint density at radius 2 is 2.00 bits per heavy atom. The summed E-state index contributed by atoms with van der Waals surface area (Å²) in [6.45, 7) is 1.75. The van der Waals surface area contributed by atoms with E-state index in [0.717, 1.165) is 0 Å². The van der Waals surface area contributed by atoms with Crippen molar-refractivity contribution in [2.75, 3.05) is 12.4 Å². The van der Waals surface area contributed by atoms with E-state index in [1.54, 1.807) is 25.1 Å². The maximum Gasteiger partial charge on any atom is 0.337 e. The second kappa shape index (κ2) is 5.32. The number of hydrogen-bond acceptors (Lipinski definition) is 4. The van der Waals surface area contributed by atoms with Crippen LogP contribution in [-0.4, -0.2) is 30.1 Å². The van der Waals surface area contributed by atoms with Crippen molar-refractivity contribution in [2.24, 2.45) is 11.8 Å². The third-order valence-electron chi connectivity index (χ3n) is 3.35. The Kier molecular flexibility index (Phi) is 3.74. The van der Waals surface area contributed by atoms with Gasteiger partial charge < -0.3 is 15.2 Å². The van der Waals surface area contributed by atoms with E-state index < -0.39 is 23.8 Å². The number of carbonyl (C=O) groups excluding carboxylic acids is 2. The lowest BCUT2D eigenvalue weighted by Crippen LogP contribution is -2.17. The highest BCUT2D eigenvalue weighted by Gasteiger charge is 2.48. The van der Waals surface area contributed by atoms with Gasteiger partial charge in [-0.2, -0.15) is 0 Å². The Bertz CT molecular complexity index is 581. The number of esters is 1. The predicted molar refractivity (Wildman–Crippen MR) is 70.4 cm³/mol. The van der Waals surface area contributed by atoms with E-state index >= 15 is 0 Å². The third kappa shape index (κ3) is 2.79. The second-order valence-electron chi connectivity index (χ2n) is 4.80. The summed E-state index contributed by atoms with van der Waals surface area (Å²) in [7, 11) is 1.30. The molecule has 2 rings (SSSR count). The highest BCUT2D eigenvalue weighted by molar-refractivity contribution is 5.99. The lowest BCUT2D eigenvalue weighted by molar-refractivity contribution is -0.139. The summed E-state index contributed by atoms with van der Waals surface area (Å²) in [5, 5.41) is 11.5. The maximum absolute atomic E-state index is 11.9. The first kappa shape index (κ1) is 14.0. The zero-order chi connectivity index (χ0) is 14.9. The number of hydrogen-bond donors (Lipinski definition) is 2. The van der Waals surface area contributed by atoms with Crippen molar-refractivity contribution in [3.05, 3.63) is 29.3 Å². The van der Waals surface area contributed by atoms with Gasteiger partial charge in [0.2, 0.25) is 5.91 Å². The molecular weight excluding hydrogens is 262 g/mol. The molecule has 6 heteroatoms. The van der Waals surface area contributed by atoms with Crippen molar-refractivity contribution in [3.63, 3.8) is 0 Å². The fraction of sp³-hybridized carbons (Fsp3) is 0.357. The molecule has 1 aliphatic carbocycles. The van der Waals surface area contributed by atoms with Gasteiger partial charge in [0.25, 0.3) is 0 Å². The molecule has 20 heavy (non-hydrogen) atoms. The van der Waals surface area contributed by atoms with Crippen LogP contribution >= 0.6 is 0 Å². The van der Waals surface area contributed by atoms with Gasteiger partial charge >= 0.3 is 11.9 Å². The van der Waals surface area contributed by atoms with Crippen molar-refractivity contribution in [3.8, 4) is 0 Å². The van der Waals surface area contributed by atoms with Gasteiger partial charge in [-0.1, -0.05) is 0 Å². The number of anilines is 1. The lowest BCUT2D eigenvalue weighted by atomic mass is 10.1. The van der Waals surface area contributed by atoms with Crippen LogP contribution in [0.25, 0.3) is 0 Å². The van der Waals surface area contributed by atoms with E-state index in [9.17, 15) is 14.4 Å². The van der Waals surface area contributed by atoms with Crippen LogP contribution in [0.3, 0.4) is 0 Å². The number of carboxylic acids is 1.